The van der Waals surface area contributed by atoms with Crippen LogP contribution in [0, 0.1) is 5.92 Å². The minimum absolute atomic E-state index is 0.111. The van der Waals surface area contributed by atoms with E-state index in [1.807, 2.05) is 0 Å². The van der Waals surface area contributed by atoms with E-state index in [9.17, 15) is 0 Å². The van der Waals surface area contributed by atoms with Crippen LogP contribution < -0.4 is 0 Å². The first-order chi connectivity index (χ1) is 6.63. The van der Waals surface area contributed by atoms with Crippen molar-refractivity contribution in [2.24, 2.45) is 5.92 Å². The molecule has 0 amide bonds. The molecule has 0 radical (unpaired) electrons. The van der Waals surface area contributed by atoms with Gasteiger partial charge in [-0.3, -0.25) is 0 Å². The summed E-state index contributed by atoms with van der Waals surface area (Å²) in [5.41, 5.74) is 0. The number of halogens is 1. The van der Waals surface area contributed by atoms with E-state index in [4.69, 9.17) is 16.3 Å². The van der Waals surface area contributed by atoms with Crippen molar-refractivity contribution in [1.29, 1.82) is 0 Å². The Morgan fingerprint density at radius 1 is 1.21 bits per heavy atom. The van der Waals surface area contributed by atoms with Gasteiger partial charge in [-0.25, -0.2) is 0 Å². The molecule has 0 aliphatic carbocycles. The van der Waals surface area contributed by atoms with Gasteiger partial charge in [0.25, 0.3) is 0 Å². The van der Waals surface area contributed by atoms with Crippen molar-refractivity contribution in [3.63, 3.8) is 0 Å². The van der Waals surface area contributed by atoms with E-state index in [2.05, 4.69) is 25.8 Å². The van der Waals surface area contributed by atoms with Crippen LogP contribution in [-0.4, -0.2) is 44.1 Å². The number of ether oxygens (including phenoxy) is 1. The van der Waals surface area contributed by atoms with Crippen LogP contribution in [0.15, 0.2) is 0 Å². The van der Waals surface area contributed by atoms with Crippen molar-refractivity contribution in [2.75, 3.05) is 33.9 Å². The van der Waals surface area contributed by atoms with Crippen LogP contribution >= 0.6 is 11.6 Å². The zero-order chi connectivity index (χ0) is 11.0. The van der Waals surface area contributed by atoms with Gasteiger partial charge in [0, 0.05) is 20.2 Å². The van der Waals surface area contributed by atoms with Gasteiger partial charge in [-0.15, -0.1) is 11.6 Å². The summed E-state index contributed by atoms with van der Waals surface area (Å²) in [5, 5.41) is 0.111. The molecule has 0 aromatic rings. The maximum absolute atomic E-state index is 6.08. The predicted octanol–water partition coefficient (Wildman–Crippen LogP) is 2.61. The fourth-order valence-corrected chi connectivity index (χ4v) is 2.00. The Labute approximate surface area is 93.6 Å². The molecular weight excluding hydrogens is 198 g/mol. The van der Waals surface area contributed by atoms with Crippen molar-refractivity contribution < 1.29 is 4.74 Å². The Bertz CT molecular complexity index is 128. The van der Waals surface area contributed by atoms with Gasteiger partial charge in [0.05, 0.1) is 12.0 Å². The lowest BCUT2D eigenvalue weighted by Crippen LogP contribution is -2.32. The van der Waals surface area contributed by atoms with Crippen molar-refractivity contribution >= 4 is 11.6 Å². The number of hydrogen-bond donors (Lipinski definition) is 0. The summed E-state index contributed by atoms with van der Waals surface area (Å²) in [6, 6.07) is 0. The third kappa shape index (κ3) is 6.63. The normalized spacial score (nSPS) is 13.9. The van der Waals surface area contributed by atoms with E-state index >= 15 is 0 Å². The van der Waals surface area contributed by atoms with Crippen LogP contribution in [0.2, 0.25) is 0 Å². The van der Waals surface area contributed by atoms with Crippen LogP contribution in [0.3, 0.4) is 0 Å². The third-order valence-electron chi connectivity index (χ3n) is 2.58. The minimum Gasteiger partial charge on any atom is -0.383 e. The molecule has 0 N–H and O–H groups in total. The zero-order valence-corrected chi connectivity index (χ0v) is 10.7. The molecule has 0 rings (SSSR count). The summed E-state index contributed by atoms with van der Waals surface area (Å²) in [6.07, 6.45) is 2.50. The zero-order valence-electron chi connectivity index (χ0n) is 9.92. The Morgan fingerprint density at radius 3 is 2.21 bits per heavy atom. The van der Waals surface area contributed by atoms with Gasteiger partial charge in [0.15, 0.2) is 0 Å². The van der Waals surface area contributed by atoms with Gasteiger partial charge >= 0.3 is 0 Å². The van der Waals surface area contributed by atoms with Gasteiger partial charge in [0.2, 0.25) is 0 Å². The molecule has 0 fully saturated rings. The Hall–Kier alpha value is 0.210. The van der Waals surface area contributed by atoms with Gasteiger partial charge in [-0.05, 0) is 13.0 Å². The number of methoxy groups -OCH3 is 1. The van der Waals surface area contributed by atoms with Crippen LogP contribution in [0.25, 0.3) is 0 Å². The summed E-state index contributed by atoms with van der Waals surface area (Å²) in [6.45, 7) is 7.17. The van der Waals surface area contributed by atoms with E-state index < -0.39 is 0 Å². The standard InChI is InChI=1S/C11H24ClNO/c1-5-10(6-2)7-13(3)8-11(12)9-14-4/h10-11H,5-9H2,1-4H3. The van der Waals surface area contributed by atoms with Crippen molar-refractivity contribution in [3.8, 4) is 0 Å². The largest absolute Gasteiger partial charge is 0.383 e. The molecule has 1 atom stereocenters. The minimum atomic E-state index is 0.111. The predicted molar refractivity (Wildman–Crippen MR) is 63.1 cm³/mol. The molecule has 0 aliphatic rings. The van der Waals surface area contributed by atoms with Gasteiger partial charge in [-0.2, -0.15) is 0 Å². The average Bonchev–Trinajstić information content (AvgIpc) is 2.14. The first-order valence-electron chi connectivity index (χ1n) is 5.45. The summed E-state index contributed by atoms with van der Waals surface area (Å²) in [7, 11) is 3.82. The molecule has 1 unspecified atom stereocenters. The first-order valence-corrected chi connectivity index (χ1v) is 5.89. The van der Waals surface area contributed by atoms with Crippen LogP contribution in [-0.2, 0) is 4.74 Å². The van der Waals surface area contributed by atoms with Gasteiger partial charge in [-0.1, -0.05) is 26.7 Å². The maximum Gasteiger partial charge on any atom is 0.0696 e. The highest BCUT2D eigenvalue weighted by Gasteiger charge is 2.11. The second-order valence-electron chi connectivity index (χ2n) is 3.96. The van der Waals surface area contributed by atoms with E-state index in [1.54, 1.807) is 7.11 Å². The lowest BCUT2D eigenvalue weighted by molar-refractivity contribution is 0.176. The quantitative estimate of drug-likeness (QED) is 0.585. The summed E-state index contributed by atoms with van der Waals surface area (Å²) < 4.78 is 5.00. The van der Waals surface area contributed by atoms with Crippen molar-refractivity contribution in [3.05, 3.63) is 0 Å². The second kappa shape index (κ2) is 8.51. The fraction of sp³-hybridized carbons (Fsp3) is 1.00. The molecule has 0 heterocycles. The Balaban J connectivity index is 3.67. The van der Waals surface area contributed by atoms with Crippen LogP contribution in [0.1, 0.15) is 26.7 Å². The third-order valence-corrected chi connectivity index (χ3v) is 2.85. The number of rotatable bonds is 8. The Kier molecular flexibility index (Phi) is 8.64. The molecule has 0 spiro atoms. The molecule has 14 heavy (non-hydrogen) atoms. The molecule has 3 heteroatoms. The maximum atomic E-state index is 6.08. The second-order valence-corrected chi connectivity index (χ2v) is 4.57. The topological polar surface area (TPSA) is 12.5 Å². The first kappa shape index (κ1) is 14.2. The van der Waals surface area contributed by atoms with Gasteiger partial charge in [0.1, 0.15) is 0 Å². The van der Waals surface area contributed by atoms with E-state index in [0.717, 1.165) is 19.0 Å². The highest BCUT2D eigenvalue weighted by atomic mass is 35.5. The molecular formula is C11H24ClNO. The molecule has 0 aromatic carbocycles. The van der Waals surface area contributed by atoms with E-state index in [0.29, 0.717) is 6.61 Å². The molecule has 0 aliphatic heterocycles. The van der Waals surface area contributed by atoms with E-state index in [1.165, 1.54) is 12.8 Å². The fourth-order valence-electron chi connectivity index (χ4n) is 1.63. The monoisotopic (exact) mass is 221 g/mol. The number of alkyl halides is 1. The summed E-state index contributed by atoms with van der Waals surface area (Å²) >= 11 is 6.08. The lowest BCUT2D eigenvalue weighted by Gasteiger charge is -2.24. The summed E-state index contributed by atoms with van der Waals surface area (Å²) in [4.78, 5) is 2.30. The molecule has 86 valence electrons. The number of hydrogen-bond acceptors (Lipinski definition) is 2. The van der Waals surface area contributed by atoms with Crippen molar-refractivity contribution in [1.82, 2.24) is 4.90 Å². The molecule has 0 bridgehead atoms. The van der Waals surface area contributed by atoms with Crippen LogP contribution in [0.5, 0.6) is 0 Å². The molecule has 0 saturated heterocycles. The highest BCUT2D eigenvalue weighted by Crippen LogP contribution is 2.10. The average molecular weight is 222 g/mol. The summed E-state index contributed by atoms with van der Waals surface area (Å²) in [5.74, 6) is 0.798. The molecule has 0 saturated carbocycles. The van der Waals surface area contributed by atoms with Crippen molar-refractivity contribution in [2.45, 2.75) is 32.1 Å². The SMILES string of the molecule is CCC(CC)CN(C)CC(Cl)COC. The van der Waals surface area contributed by atoms with E-state index in [-0.39, 0.29) is 5.38 Å². The molecule has 0 aromatic heterocycles. The highest BCUT2D eigenvalue weighted by molar-refractivity contribution is 6.20. The number of nitrogens with zero attached hydrogens (tertiary/aromatic N) is 1. The smallest absolute Gasteiger partial charge is 0.0696 e. The van der Waals surface area contributed by atoms with Gasteiger partial charge < -0.3 is 9.64 Å². The lowest BCUT2D eigenvalue weighted by atomic mass is 10.0. The Morgan fingerprint density at radius 2 is 1.79 bits per heavy atom. The molecule has 2 nitrogen and oxygen atoms in total. The van der Waals surface area contributed by atoms with Crippen LogP contribution in [0.4, 0.5) is 0 Å².